The van der Waals surface area contributed by atoms with E-state index in [-0.39, 0.29) is 0 Å². The smallest absolute Gasteiger partial charge is 0.119 e. The van der Waals surface area contributed by atoms with Crippen molar-refractivity contribution in [1.29, 1.82) is 0 Å². The van der Waals surface area contributed by atoms with Crippen molar-refractivity contribution in [1.82, 2.24) is 4.98 Å². The average molecular weight is 245 g/mol. The Morgan fingerprint density at radius 2 is 1.82 bits per heavy atom. The molecule has 2 nitrogen and oxygen atoms in total. The van der Waals surface area contributed by atoms with E-state index in [1.807, 2.05) is 54.7 Å². The molecule has 0 atom stereocenters. The molecule has 2 aromatic rings. The fourth-order valence-electron chi connectivity index (χ4n) is 1.37. The zero-order chi connectivity index (χ0) is 11.8. The second-order valence-corrected chi connectivity index (χ2v) is 4.65. The number of pyridine rings is 1. The van der Waals surface area contributed by atoms with E-state index in [0.29, 0.717) is 0 Å². The topological polar surface area (TPSA) is 22.1 Å². The van der Waals surface area contributed by atoms with Gasteiger partial charge in [-0.1, -0.05) is 24.3 Å². The van der Waals surface area contributed by atoms with Crippen LogP contribution in [0.25, 0.3) is 0 Å². The van der Waals surface area contributed by atoms with Crippen LogP contribution in [0.2, 0.25) is 0 Å². The number of nitrogens with zero attached hydrogens (tertiary/aromatic N) is 1. The molecule has 0 radical (unpaired) electrons. The van der Waals surface area contributed by atoms with Gasteiger partial charge in [-0.15, -0.1) is 11.8 Å². The van der Waals surface area contributed by atoms with Crippen LogP contribution in [-0.2, 0) is 0 Å². The van der Waals surface area contributed by atoms with Gasteiger partial charge in [-0.05, 0) is 30.7 Å². The molecule has 0 saturated carbocycles. The second-order valence-electron chi connectivity index (χ2n) is 3.53. The number of thioether (sulfide) groups is 1. The summed E-state index contributed by atoms with van der Waals surface area (Å²) in [6, 6.07) is 15.9. The first-order chi connectivity index (χ1) is 8.45. The van der Waals surface area contributed by atoms with E-state index in [2.05, 4.69) is 4.98 Å². The molecule has 1 heterocycles. The minimum atomic E-state index is 0.754. The molecule has 0 aliphatic carbocycles. The summed E-state index contributed by atoms with van der Waals surface area (Å²) in [7, 11) is 0. The van der Waals surface area contributed by atoms with Crippen LogP contribution < -0.4 is 4.74 Å². The van der Waals surface area contributed by atoms with E-state index in [1.54, 1.807) is 11.8 Å². The molecule has 17 heavy (non-hydrogen) atoms. The predicted molar refractivity (Wildman–Crippen MR) is 71.5 cm³/mol. The zero-order valence-electron chi connectivity index (χ0n) is 9.58. The first kappa shape index (κ1) is 12.0. The molecule has 0 amide bonds. The van der Waals surface area contributed by atoms with Crippen LogP contribution in [0.3, 0.4) is 0 Å². The van der Waals surface area contributed by atoms with E-state index in [0.717, 1.165) is 29.6 Å². The van der Waals surface area contributed by atoms with Crippen molar-refractivity contribution in [2.24, 2.45) is 0 Å². The first-order valence-electron chi connectivity index (χ1n) is 5.67. The van der Waals surface area contributed by atoms with Crippen LogP contribution in [0.15, 0.2) is 59.8 Å². The Hall–Kier alpha value is -1.48. The summed E-state index contributed by atoms with van der Waals surface area (Å²) in [5, 5.41) is 1.08. The predicted octanol–water partition coefficient (Wildman–Crippen LogP) is 3.64. The number of benzene rings is 1. The van der Waals surface area contributed by atoms with Gasteiger partial charge in [0.1, 0.15) is 5.75 Å². The molecule has 2 rings (SSSR count). The number of aromatic nitrogens is 1. The van der Waals surface area contributed by atoms with E-state index in [1.165, 1.54) is 0 Å². The lowest BCUT2D eigenvalue weighted by Gasteiger charge is -2.05. The Bertz CT molecular complexity index is 377. The van der Waals surface area contributed by atoms with Crippen molar-refractivity contribution < 1.29 is 4.74 Å². The maximum Gasteiger partial charge on any atom is 0.119 e. The summed E-state index contributed by atoms with van der Waals surface area (Å²) in [5.74, 6) is 1.97. The summed E-state index contributed by atoms with van der Waals surface area (Å²) < 4.78 is 5.61. The summed E-state index contributed by atoms with van der Waals surface area (Å²) >= 11 is 1.76. The van der Waals surface area contributed by atoms with Crippen molar-refractivity contribution in [3.8, 4) is 5.75 Å². The molecule has 0 fully saturated rings. The van der Waals surface area contributed by atoms with Crippen LogP contribution in [0, 0.1) is 0 Å². The van der Waals surface area contributed by atoms with Crippen LogP contribution in [0.1, 0.15) is 6.42 Å². The average Bonchev–Trinajstić information content (AvgIpc) is 2.41. The third-order valence-corrected chi connectivity index (χ3v) is 3.22. The fourth-order valence-corrected chi connectivity index (χ4v) is 2.16. The van der Waals surface area contributed by atoms with Gasteiger partial charge in [-0.25, -0.2) is 4.98 Å². The van der Waals surface area contributed by atoms with E-state index in [4.69, 9.17) is 4.74 Å². The normalized spacial score (nSPS) is 10.1. The quantitative estimate of drug-likeness (QED) is 0.573. The highest BCUT2D eigenvalue weighted by atomic mass is 32.2. The molecule has 1 aromatic carbocycles. The van der Waals surface area contributed by atoms with E-state index >= 15 is 0 Å². The standard InChI is InChI=1S/C14H15NOS/c1-2-7-13(8-3-1)16-11-6-12-17-14-9-4-5-10-15-14/h1-5,7-10H,6,11-12H2. The van der Waals surface area contributed by atoms with Gasteiger partial charge in [0.2, 0.25) is 0 Å². The highest BCUT2D eigenvalue weighted by Crippen LogP contribution is 2.15. The van der Waals surface area contributed by atoms with Crippen LogP contribution in [0.4, 0.5) is 0 Å². The van der Waals surface area contributed by atoms with Gasteiger partial charge in [0.25, 0.3) is 0 Å². The number of hydrogen-bond donors (Lipinski definition) is 0. The summed E-state index contributed by atoms with van der Waals surface area (Å²) in [6.45, 7) is 0.754. The Labute approximate surface area is 106 Å². The minimum Gasteiger partial charge on any atom is -0.494 e. The SMILES string of the molecule is c1ccc(OCCCSc2ccccn2)cc1. The van der Waals surface area contributed by atoms with Gasteiger partial charge in [-0.2, -0.15) is 0 Å². The number of ether oxygens (including phenoxy) is 1. The molecular weight excluding hydrogens is 230 g/mol. The number of para-hydroxylation sites is 1. The van der Waals surface area contributed by atoms with Gasteiger partial charge in [0.15, 0.2) is 0 Å². The molecule has 0 saturated heterocycles. The highest BCUT2D eigenvalue weighted by Gasteiger charge is 1.95. The molecule has 0 bridgehead atoms. The molecular formula is C14H15NOS. The molecule has 88 valence electrons. The molecule has 0 aliphatic heterocycles. The lowest BCUT2D eigenvalue weighted by molar-refractivity contribution is 0.318. The summed E-state index contributed by atoms with van der Waals surface area (Å²) in [5.41, 5.74) is 0. The Morgan fingerprint density at radius 3 is 2.59 bits per heavy atom. The van der Waals surface area contributed by atoms with Gasteiger partial charge in [0, 0.05) is 11.9 Å². The second kappa shape index (κ2) is 6.97. The monoisotopic (exact) mass is 245 g/mol. The largest absolute Gasteiger partial charge is 0.494 e. The van der Waals surface area contributed by atoms with Crippen molar-refractivity contribution in [3.05, 3.63) is 54.7 Å². The first-order valence-corrected chi connectivity index (χ1v) is 6.65. The third kappa shape index (κ3) is 4.49. The highest BCUT2D eigenvalue weighted by molar-refractivity contribution is 7.99. The van der Waals surface area contributed by atoms with Crippen molar-refractivity contribution >= 4 is 11.8 Å². The zero-order valence-corrected chi connectivity index (χ0v) is 10.4. The Kier molecular flexibility index (Phi) is 4.91. The van der Waals surface area contributed by atoms with Crippen molar-refractivity contribution in [2.45, 2.75) is 11.4 Å². The summed E-state index contributed by atoms with van der Waals surface area (Å²) in [4.78, 5) is 4.26. The third-order valence-electron chi connectivity index (χ3n) is 2.19. The summed E-state index contributed by atoms with van der Waals surface area (Å²) in [6.07, 6.45) is 2.85. The van der Waals surface area contributed by atoms with Gasteiger partial charge < -0.3 is 4.74 Å². The van der Waals surface area contributed by atoms with Crippen LogP contribution in [-0.4, -0.2) is 17.3 Å². The van der Waals surface area contributed by atoms with Crippen LogP contribution in [0.5, 0.6) is 5.75 Å². The van der Waals surface area contributed by atoms with Crippen molar-refractivity contribution in [3.63, 3.8) is 0 Å². The lowest BCUT2D eigenvalue weighted by Crippen LogP contribution is -1.98. The fraction of sp³-hybridized carbons (Fsp3) is 0.214. The Balaban J connectivity index is 1.61. The van der Waals surface area contributed by atoms with Gasteiger partial charge >= 0.3 is 0 Å². The molecule has 0 N–H and O–H groups in total. The Morgan fingerprint density at radius 1 is 1.00 bits per heavy atom. The van der Waals surface area contributed by atoms with Crippen LogP contribution >= 0.6 is 11.8 Å². The molecule has 1 aromatic heterocycles. The lowest BCUT2D eigenvalue weighted by atomic mass is 10.3. The molecule has 3 heteroatoms. The van der Waals surface area contributed by atoms with Crippen molar-refractivity contribution in [2.75, 3.05) is 12.4 Å². The molecule has 0 unspecified atom stereocenters. The maximum atomic E-state index is 5.61. The van der Waals surface area contributed by atoms with E-state index in [9.17, 15) is 0 Å². The molecule has 0 aliphatic rings. The molecule has 0 spiro atoms. The number of hydrogen-bond acceptors (Lipinski definition) is 3. The maximum absolute atomic E-state index is 5.61. The van der Waals surface area contributed by atoms with Gasteiger partial charge in [0.05, 0.1) is 11.6 Å². The van der Waals surface area contributed by atoms with E-state index < -0.39 is 0 Å². The minimum absolute atomic E-state index is 0.754. The number of rotatable bonds is 6. The van der Waals surface area contributed by atoms with Gasteiger partial charge in [-0.3, -0.25) is 0 Å².